The van der Waals surface area contributed by atoms with E-state index in [4.69, 9.17) is 4.74 Å². The Kier molecular flexibility index (Phi) is 4.11. The molecule has 5 nitrogen and oxygen atoms in total. The van der Waals surface area contributed by atoms with Crippen LogP contribution in [0.1, 0.15) is 43.4 Å². The van der Waals surface area contributed by atoms with Crippen molar-refractivity contribution in [3.05, 3.63) is 29.3 Å². The third-order valence-electron chi connectivity index (χ3n) is 4.13. The summed E-state index contributed by atoms with van der Waals surface area (Å²) >= 11 is 0. The van der Waals surface area contributed by atoms with Gasteiger partial charge in [0.25, 0.3) is 0 Å². The highest BCUT2D eigenvalue weighted by atomic mass is 32.2. The van der Waals surface area contributed by atoms with E-state index in [1.54, 1.807) is 6.92 Å². The highest BCUT2D eigenvalue weighted by Gasteiger charge is 2.51. The van der Waals surface area contributed by atoms with Gasteiger partial charge in [-0.1, -0.05) is 6.07 Å². The molecular formula is C15H16F3NO4S. The van der Waals surface area contributed by atoms with E-state index in [-0.39, 0.29) is 29.5 Å². The summed E-state index contributed by atoms with van der Waals surface area (Å²) in [4.78, 5) is 11.4. The van der Waals surface area contributed by atoms with Crippen LogP contribution in [-0.2, 0) is 25.7 Å². The van der Waals surface area contributed by atoms with Crippen molar-refractivity contribution >= 4 is 16.0 Å². The van der Waals surface area contributed by atoms with Gasteiger partial charge >= 0.3 is 12.1 Å². The first-order valence-electron chi connectivity index (χ1n) is 7.56. The van der Waals surface area contributed by atoms with Crippen LogP contribution in [0.15, 0.2) is 23.1 Å². The molecule has 2 aliphatic rings. The number of hydrogen-bond acceptors (Lipinski definition) is 4. The Morgan fingerprint density at radius 2 is 2.00 bits per heavy atom. The van der Waals surface area contributed by atoms with Crippen molar-refractivity contribution in [2.45, 2.75) is 49.3 Å². The van der Waals surface area contributed by atoms with Crippen molar-refractivity contribution in [3.63, 3.8) is 0 Å². The highest BCUT2D eigenvalue weighted by Crippen LogP contribution is 2.49. The maximum absolute atomic E-state index is 12.9. The third kappa shape index (κ3) is 2.90. The summed E-state index contributed by atoms with van der Waals surface area (Å²) in [6.45, 7) is 1.78. The first kappa shape index (κ1) is 17.2. The van der Waals surface area contributed by atoms with Crippen molar-refractivity contribution in [2.24, 2.45) is 0 Å². The summed E-state index contributed by atoms with van der Waals surface area (Å²) in [5.74, 6) is -0.573. The van der Waals surface area contributed by atoms with E-state index in [1.165, 1.54) is 4.31 Å². The van der Waals surface area contributed by atoms with Gasteiger partial charge in [0.15, 0.2) is 0 Å². The van der Waals surface area contributed by atoms with Crippen LogP contribution in [-0.4, -0.2) is 31.3 Å². The number of nitrogens with zero attached hydrogens (tertiary/aromatic N) is 1. The Labute approximate surface area is 137 Å². The summed E-state index contributed by atoms with van der Waals surface area (Å²) in [6.07, 6.45) is -3.56. The minimum atomic E-state index is -4.63. The molecule has 0 bridgehead atoms. The Hall–Kier alpha value is -1.61. The number of fused-ring (bicyclic) bond motifs is 1. The van der Waals surface area contributed by atoms with Crippen LogP contribution in [0, 0.1) is 0 Å². The van der Waals surface area contributed by atoms with Crippen molar-refractivity contribution in [3.8, 4) is 0 Å². The van der Waals surface area contributed by atoms with Crippen LogP contribution in [0.25, 0.3) is 0 Å². The molecule has 0 amide bonds. The van der Waals surface area contributed by atoms with Gasteiger partial charge in [-0.05, 0) is 37.5 Å². The number of rotatable bonds is 4. The van der Waals surface area contributed by atoms with E-state index in [0.29, 0.717) is 18.9 Å². The fourth-order valence-electron chi connectivity index (χ4n) is 2.98. The minimum absolute atomic E-state index is 0.154. The second-order valence-electron chi connectivity index (χ2n) is 5.84. The molecule has 1 atom stereocenters. The van der Waals surface area contributed by atoms with Gasteiger partial charge in [0.05, 0.1) is 29.5 Å². The standard InChI is InChI=1S/C15H16F3NO4S/c1-2-23-14(20)8-12-11-6-3-9(15(16,17)18)7-13(11)24(21,22)19(12)10-4-5-10/h3,6-7,10,12H,2,4-5,8H2,1H3/t12-/m0/s1. The Morgan fingerprint density at radius 3 is 2.54 bits per heavy atom. The molecule has 9 heteroatoms. The summed E-state index contributed by atoms with van der Waals surface area (Å²) < 4.78 is 70.2. The molecule has 1 aliphatic carbocycles. The molecule has 1 fully saturated rings. The lowest BCUT2D eigenvalue weighted by atomic mass is 10.0. The maximum atomic E-state index is 12.9. The number of halogens is 3. The van der Waals surface area contributed by atoms with E-state index in [1.807, 2.05) is 0 Å². The van der Waals surface area contributed by atoms with Crippen molar-refractivity contribution in [1.29, 1.82) is 0 Å². The monoisotopic (exact) mass is 363 g/mol. The van der Waals surface area contributed by atoms with E-state index in [9.17, 15) is 26.4 Å². The average Bonchev–Trinajstić information content (AvgIpc) is 3.26. The van der Waals surface area contributed by atoms with Crippen LogP contribution >= 0.6 is 0 Å². The SMILES string of the molecule is CCOC(=O)C[C@H]1c2ccc(C(F)(F)F)cc2S(=O)(=O)N1C1CC1. The molecular weight excluding hydrogens is 347 g/mol. The van der Waals surface area contributed by atoms with Gasteiger partial charge in [0.1, 0.15) is 0 Å². The quantitative estimate of drug-likeness (QED) is 0.772. The molecule has 0 saturated heterocycles. The predicted octanol–water partition coefficient (Wildman–Crippen LogP) is 2.87. The first-order chi connectivity index (χ1) is 11.2. The Bertz CT molecular complexity index is 771. The van der Waals surface area contributed by atoms with E-state index in [0.717, 1.165) is 12.1 Å². The lowest BCUT2D eigenvalue weighted by molar-refractivity contribution is -0.144. The molecule has 132 valence electrons. The van der Waals surface area contributed by atoms with Gasteiger partial charge in [-0.25, -0.2) is 8.42 Å². The molecule has 1 heterocycles. The number of benzene rings is 1. The third-order valence-corrected chi connectivity index (χ3v) is 6.15. The molecule has 3 rings (SSSR count). The predicted molar refractivity (Wildman–Crippen MR) is 77.5 cm³/mol. The second kappa shape index (κ2) is 5.73. The number of alkyl halides is 3. The van der Waals surface area contributed by atoms with E-state index >= 15 is 0 Å². The van der Waals surface area contributed by atoms with Gasteiger partial charge in [-0.15, -0.1) is 0 Å². The second-order valence-corrected chi connectivity index (χ2v) is 7.65. The van der Waals surface area contributed by atoms with Gasteiger partial charge < -0.3 is 4.74 Å². The van der Waals surface area contributed by atoms with Crippen LogP contribution < -0.4 is 0 Å². The van der Waals surface area contributed by atoms with Crippen molar-refractivity contribution < 1.29 is 31.1 Å². The van der Waals surface area contributed by atoms with E-state index < -0.39 is 33.8 Å². The summed E-state index contributed by atoms with van der Waals surface area (Å²) in [6, 6.07) is 1.59. The molecule has 0 N–H and O–H groups in total. The molecule has 1 saturated carbocycles. The topological polar surface area (TPSA) is 63.7 Å². The first-order valence-corrected chi connectivity index (χ1v) is 9.00. The number of carbonyl (C=O) groups excluding carboxylic acids is 1. The molecule has 0 radical (unpaired) electrons. The van der Waals surface area contributed by atoms with Crippen LogP contribution in [0.2, 0.25) is 0 Å². The van der Waals surface area contributed by atoms with Crippen LogP contribution in [0.5, 0.6) is 0 Å². The number of hydrogen-bond donors (Lipinski definition) is 0. The lowest BCUT2D eigenvalue weighted by Crippen LogP contribution is -2.32. The zero-order chi connectivity index (χ0) is 17.7. The smallest absolute Gasteiger partial charge is 0.416 e. The Balaban J connectivity index is 2.06. The van der Waals surface area contributed by atoms with Crippen LogP contribution in [0.4, 0.5) is 13.2 Å². The fraction of sp³-hybridized carbons (Fsp3) is 0.533. The van der Waals surface area contributed by atoms with E-state index in [2.05, 4.69) is 0 Å². The zero-order valence-corrected chi connectivity index (χ0v) is 13.7. The number of carbonyl (C=O) groups is 1. The van der Waals surface area contributed by atoms with Gasteiger partial charge in [-0.3, -0.25) is 4.79 Å². The van der Waals surface area contributed by atoms with Gasteiger partial charge in [0, 0.05) is 6.04 Å². The van der Waals surface area contributed by atoms with Crippen LogP contribution in [0.3, 0.4) is 0 Å². The summed E-state index contributed by atoms with van der Waals surface area (Å²) in [5.41, 5.74) is -0.791. The normalized spacial score (nSPS) is 23.1. The largest absolute Gasteiger partial charge is 0.466 e. The summed E-state index contributed by atoms with van der Waals surface area (Å²) in [7, 11) is -4.05. The fourth-order valence-corrected chi connectivity index (χ4v) is 5.12. The summed E-state index contributed by atoms with van der Waals surface area (Å²) in [5, 5.41) is 0. The Morgan fingerprint density at radius 1 is 1.33 bits per heavy atom. The number of ether oxygens (including phenoxy) is 1. The molecule has 0 spiro atoms. The maximum Gasteiger partial charge on any atom is 0.416 e. The number of esters is 1. The molecule has 1 aromatic rings. The van der Waals surface area contributed by atoms with Gasteiger partial charge in [-0.2, -0.15) is 17.5 Å². The van der Waals surface area contributed by atoms with Crippen molar-refractivity contribution in [2.75, 3.05) is 6.61 Å². The molecule has 1 aromatic carbocycles. The number of sulfonamides is 1. The minimum Gasteiger partial charge on any atom is -0.466 e. The average molecular weight is 363 g/mol. The highest BCUT2D eigenvalue weighted by molar-refractivity contribution is 7.89. The molecule has 0 unspecified atom stereocenters. The molecule has 0 aromatic heterocycles. The lowest BCUT2D eigenvalue weighted by Gasteiger charge is -2.22. The molecule has 1 aliphatic heterocycles. The molecule has 24 heavy (non-hydrogen) atoms. The van der Waals surface area contributed by atoms with Crippen molar-refractivity contribution in [1.82, 2.24) is 4.31 Å². The van der Waals surface area contributed by atoms with Gasteiger partial charge in [0.2, 0.25) is 10.0 Å². The zero-order valence-electron chi connectivity index (χ0n) is 12.8.